The number of hydrogen-bond donors (Lipinski definition) is 1. The average Bonchev–Trinajstić information content (AvgIpc) is 3.10. The monoisotopic (exact) mass is 382 g/mol. The summed E-state index contributed by atoms with van der Waals surface area (Å²) in [5.74, 6) is 1.74. The number of nitrogens with one attached hydrogen (secondary N) is 1. The summed E-state index contributed by atoms with van der Waals surface area (Å²) in [5, 5.41) is 12.2. The molecule has 0 saturated heterocycles. The first kappa shape index (κ1) is 19.0. The fourth-order valence-corrected chi connectivity index (χ4v) is 3.40. The summed E-state index contributed by atoms with van der Waals surface area (Å²) in [6, 6.07) is 15.4. The largest absolute Gasteiger partial charge is 0.497 e. The average molecular weight is 382 g/mol. The molecule has 0 aliphatic heterocycles. The number of ether oxygens (including phenoxy) is 1. The minimum atomic E-state index is -0.0901. The van der Waals surface area contributed by atoms with E-state index in [-0.39, 0.29) is 11.7 Å². The highest BCUT2D eigenvalue weighted by molar-refractivity contribution is 7.99. The van der Waals surface area contributed by atoms with E-state index < -0.39 is 0 Å². The van der Waals surface area contributed by atoms with E-state index in [9.17, 15) is 4.79 Å². The van der Waals surface area contributed by atoms with Gasteiger partial charge in [0.2, 0.25) is 5.91 Å². The molecule has 3 rings (SSSR count). The molecule has 2 aromatic carbocycles. The van der Waals surface area contributed by atoms with Gasteiger partial charge in [-0.15, -0.1) is 10.2 Å². The van der Waals surface area contributed by atoms with Gasteiger partial charge in [-0.3, -0.25) is 4.79 Å². The number of benzene rings is 2. The van der Waals surface area contributed by atoms with Crippen molar-refractivity contribution in [1.29, 1.82) is 0 Å². The molecule has 0 atom stereocenters. The quantitative estimate of drug-likeness (QED) is 0.625. The summed E-state index contributed by atoms with van der Waals surface area (Å²) < 4.78 is 7.14. The Morgan fingerprint density at radius 1 is 1.11 bits per heavy atom. The zero-order valence-corrected chi connectivity index (χ0v) is 16.4. The van der Waals surface area contributed by atoms with Crippen LogP contribution in [-0.4, -0.2) is 33.5 Å². The van der Waals surface area contributed by atoms with Crippen LogP contribution < -0.4 is 10.1 Å². The number of amides is 1. The second kappa shape index (κ2) is 8.73. The Morgan fingerprint density at radius 2 is 1.81 bits per heavy atom. The lowest BCUT2D eigenvalue weighted by Gasteiger charge is -2.08. The predicted octanol–water partition coefficient (Wildman–Crippen LogP) is 4.01. The highest BCUT2D eigenvalue weighted by atomic mass is 32.2. The van der Waals surface area contributed by atoms with E-state index in [4.69, 9.17) is 4.74 Å². The van der Waals surface area contributed by atoms with E-state index in [2.05, 4.69) is 34.6 Å². The summed E-state index contributed by atoms with van der Waals surface area (Å²) in [5.41, 5.74) is 2.95. The lowest BCUT2D eigenvalue weighted by atomic mass is 10.1. The molecule has 0 aliphatic rings. The third-order valence-electron chi connectivity index (χ3n) is 4.05. The number of rotatable bonds is 7. The number of carbonyl (C=O) groups is 1. The number of carbonyl (C=O) groups excluding carboxylic acids is 1. The molecule has 140 valence electrons. The number of nitrogens with zero attached hydrogens (tertiary/aromatic N) is 3. The van der Waals surface area contributed by atoms with Crippen LogP contribution in [0.5, 0.6) is 5.75 Å². The second-order valence-electron chi connectivity index (χ2n) is 5.98. The minimum Gasteiger partial charge on any atom is -0.497 e. The van der Waals surface area contributed by atoms with Gasteiger partial charge in [0.1, 0.15) is 5.75 Å². The number of anilines is 1. The molecule has 1 aromatic heterocycles. The van der Waals surface area contributed by atoms with Gasteiger partial charge >= 0.3 is 0 Å². The van der Waals surface area contributed by atoms with Gasteiger partial charge in [-0.25, -0.2) is 0 Å². The first-order chi connectivity index (χ1) is 13.1. The third kappa shape index (κ3) is 4.68. The Hall–Kier alpha value is -2.80. The van der Waals surface area contributed by atoms with Crippen LogP contribution >= 0.6 is 11.8 Å². The van der Waals surface area contributed by atoms with Crippen molar-refractivity contribution in [2.75, 3.05) is 18.2 Å². The van der Waals surface area contributed by atoms with Gasteiger partial charge in [0.15, 0.2) is 11.0 Å². The van der Waals surface area contributed by atoms with E-state index in [1.807, 2.05) is 47.9 Å². The second-order valence-corrected chi connectivity index (χ2v) is 6.92. The molecule has 1 N–H and O–H groups in total. The van der Waals surface area contributed by atoms with Gasteiger partial charge in [0, 0.05) is 17.8 Å². The molecule has 0 aliphatic carbocycles. The zero-order chi connectivity index (χ0) is 19.2. The molecule has 0 unspecified atom stereocenters. The van der Waals surface area contributed by atoms with E-state index in [0.717, 1.165) is 34.5 Å². The molecule has 0 saturated carbocycles. The Morgan fingerprint density at radius 3 is 2.44 bits per heavy atom. The Bertz CT molecular complexity index is 905. The van der Waals surface area contributed by atoms with Crippen molar-refractivity contribution < 1.29 is 9.53 Å². The maximum Gasteiger partial charge on any atom is 0.234 e. The minimum absolute atomic E-state index is 0.0901. The lowest BCUT2D eigenvalue weighted by Crippen LogP contribution is -2.14. The zero-order valence-electron chi connectivity index (χ0n) is 15.6. The molecule has 0 fully saturated rings. The van der Waals surface area contributed by atoms with Crippen molar-refractivity contribution >= 4 is 23.4 Å². The molecule has 0 bridgehead atoms. The van der Waals surface area contributed by atoms with Crippen molar-refractivity contribution in [3.8, 4) is 17.1 Å². The van der Waals surface area contributed by atoms with Crippen LogP contribution in [0.2, 0.25) is 0 Å². The number of aromatic nitrogens is 3. The number of hydrogen-bond acceptors (Lipinski definition) is 5. The summed E-state index contributed by atoms with van der Waals surface area (Å²) in [7, 11) is 1.61. The topological polar surface area (TPSA) is 69.0 Å². The highest BCUT2D eigenvalue weighted by Gasteiger charge is 2.14. The predicted molar refractivity (Wildman–Crippen MR) is 108 cm³/mol. The molecular formula is C20H22N4O2S. The smallest absolute Gasteiger partial charge is 0.234 e. The molecular weight excluding hydrogens is 360 g/mol. The van der Waals surface area contributed by atoms with Gasteiger partial charge in [0.05, 0.1) is 12.9 Å². The Labute approximate surface area is 163 Å². The molecule has 1 heterocycles. The SMILES string of the molecule is CCn1c(SCC(=O)Nc2ccc(OC)cc2)nnc1-c1ccc(C)cc1. The van der Waals surface area contributed by atoms with Gasteiger partial charge < -0.3 is 14.6 Å². The van der Waals surface area contributed by atoms with E-state index in [0.29, 0.717) is 0 Å². The highest BCUT2D eigenvalue weighted by Crippen LogP contribution is 2.24. The van der Waals surface area contributed by atoms with Gasteiger partial charge in [-0.05, 0) is 38.1 Å². The van der Waals surface area contributed by atoms with Crippen LogP contribution in [0.3, 0.4) is 0 Å². The molecule has 0 spiro atoms. The van der Waals surface area contributed by atoms with Gasteiger partial charge in [-0.2, -0.15) is 0 Å². The summed E-state index contributed by atoms with van der Waals surface area (Å²) in [4.78, 5) is 12.2. The summed E-state index contributed by atoms with van der Waals surface area (Å²) >= 11 is 1.38. The maximum absolute atomic E-state index is 12.2. The van der Waals surface area contributed by atoms with Crippen LogP contribution in [0.15, 0.2) is 53.7 Å². The molecule has 3 aromatic rings. The molecule has 1 amide bonds. The van der Waals surface area contributed by atoms with Crippen LogP contribution in [0.1, 0.15) is 12.5 Å². The fourth-order valence-electron chi connectivity index (χ4n) is 2.60. The van der Waals surface area contributed by atoms with E-state index >= 15 is 0 Å². The van der Waals surface area contributed by atoms with E-state index in [1.165, 1.54) is 17.3 Å². The standard InChI is InChI=1S/C20H22N4O2S/c1-4-24-19(15-7-5-14(2)6-8-15)22-23-20(24)27-13-18(25)21-16-9-11-17(26-3)12-10-16/h5-12H,4,13H2,1-3H3,(H,21,25). The van der Waals surface area contributed by atoms with Crippen molar-refractivity contribution in [2.24, 2.45) is 0 Å². The van der Waals surface area contributed by atoms with Crippen molar-refractivity contribution in [2.45, 2.75) is 25.5 Å². The van der Waals surface area contributed by atoms with Crippen molar-refractivity contribution in [3.05, 3.63) is 54.1 Å². The fraction of sp³-hybridized carbons (Fsp3) is 0.250. The lowest BCUT2D eigenvalue weighted by molar-refractivity contribution is -0.113. The van der Waals surface area contributed by atoms with Gasteiger partial charge in [-0.1, -0.05) is 41.6 Å². The van der Waals surface area contributed by atoms with Crippen LogP contribution in [0, 0.1) is 6.92 Å². The third-order valence-corrected chi connectivity index (χ3v) is 5.02. The molecule has 0 radical (unpaired) electrons. The molecule has 27 heavy (non-hydrogen) atoms. The van der Waals surface area contributed by atoms with Gasteiger partial charge in [0.25, 0.3) is 0 Å². The first-order valence-electron chi connectivity index (χ1n) is 8.67. The number of aryl methyl sites for hydroxylation is 1. The normalized spacial score (nSPS) is 10.6. The molecule has 7 heteroatoms. The number of methoxy groups -OCH3 is 1. The van der Waals surface area contributed by atoms with Crippen LogP contribution in [0.25, 0.3) is 11.4 Å². The maximum atomic E-state index is 12.2. The van der Waals surface area contributed by atoms with Crippen LogP contribution in [0.4, 0.5) is 5.69 Å². The van der Waals surface area contributed by atoms with Crippen molar-refractivity contribution in [3.63, 3.8) is 0 Å². The number of thioether (sulfide) groups is 1. The Kier molecular flexibility index (Phi) is 6.13. The Balaban J connectivity index is 1.65. The summed E-state index contributed by atoms with van der Waals surface area (Å²) in [6.45, 7) is 4.83. The van der Waals surface area contributed by atoms with Crippen LogP contribution in [-0.2, 0) is 11.3 Å². The summed E-state index contributed by atoms with van der Waals surface area (Å²) in [6.07, 6.45) is 0. The van der Waals surface area contributed by atoms with E-state index in [1.54, 1.807) is 7.11 Å². The molecule has 6 nitrogen and oxygen atoms in total. The first-order valence-corrected chi connectivity index (χ1v) is 9.66. The van der Waals surface area contributed by atoms with Crippen molar-refractivity contribution in [1.82, 2.24) is 14.8 Å².